The van der Waals surface area contributed by atoms with E-state index in [4.69, 9.17) is 14.2 Å². The summed E-state index contributed by atoms with van der Waals surface area (Å²) in [7, 11) is 0. The van der Waals surface area contributed by atoms with Crippen molar-refractivity contribution < 1.29 is 28.6 Å². The van der Waals surface area contributed by atoms with E-state index in [9.17, 15) is 14.4 Å². The number of hydrogen-bond donors (Lipinski definition) is 2. The van der Waals surface area contributed by atoms with E-state index >= 15 is 0 Å². The molecular formula is C21H22N2O6. The zero-order valence-electron chi connectivity index (χ0n) is 16.2. The van der Waals surface area contributed by atoms with Crippen molar-refractivity contribution in [3.63, 3.8) is 0 Å². The molecule has 152 valence electrons. The molecule has 2 amide bonds. The first kappa shape index (κ1) is 20.2. The minimum atomic E-state index is -0.718. The molecule has 0 bridgehead atoms. The Bertz CT molecular complexity index is 908. The summed E-state index contributed by atoms with van der Waals surface area (Å²) in [5, 5.41) is 5.09. The van der Waals surface area contributed by atoms with Crippen molar-refractivity contribution in [3.8, 4) is 11.5 Å². The van der Waals surface area contributed by atoms with Crippen LogP contribution in [0.15, 0.2) is 42.5 Å². The van der Waals surface area contributed by atoms with Crippen molar-refractivity contribution in [3.05, 3.63) is 53.6 Å². The van der Waals surface area contributed by atoms with E-state index in [-0.39, 0.29) is 13.3 Å². The number of carbonyl (C=O) groups excluding carboxylic acids is 3. The SMILES string of the molecule is CC(C)c1ccc(NC(=O)COC(=O)CNC(=O)c2ccc3c(c2)OCO3)cc1. The number of amides is 2. The third-order valence-electron chi connectivity index (χ3n) is 4.25. The summed E-state index contributed by atoms with van der Waals surface area (Å²) < 4.78 is 15.3. The van der Waals surface area contributed by atoms with Gasteiger partial charge in [0.05, 0.1) is 0 Å². The van der Waals surface area contributed by atoms with Gasteiger partial charge in [0, 0.05) is 11.3 Å². The fourth-order valence-electron chi connectivity index (χ4n) is 2.64. The molecule has 3 rings (SSSR count). The minimum Gasteiger partial charge on any atom is -0.454 e. The first-order valence-electron chi connectivity index (χ1n) is 9.15. The molecule has 1 aliphatic heterocycles. The molecule has 1 aliphatic rings. The number of nitrogens with one attached hydrogen (secondary N) is 2. The second-order valence-corrected chi connectivity index (χ2v) is 6.74. The van der Waals surface area contributed by atoms with Crippen molar-refractivity contribution in [1.29, 1.82) is 0 Å². The van der Waals surface area contributed by atoms with E-state index in [0.29, 0.717) is 28.7 Å². The smallest absolute Gasteiger partial charge is 0.325 e. The van der Waals surface area contributed by atoms with Crippen LogP contribution in [-0.4, -0.2) is 37.7 Å². The van der Waals surface area contributed by atoms with Gasteiger partial charge in [-0.05, 0) is 41.8 Å². The molecule has 0 spiro atoms. The largest absolute Gasteiger partial charge is 0.454 e. The van der Waals surface area contributed by atoms with E-state index in [1.807, 2.05) is 12.1 Å². The lowest BCUT2D eigenvalue weighted by molar-refractivity contribution is -0.146. The first-order chi connectivity index (χ1) is 13.9. The Hall–Kier alpha value is -3.55. The maximum absolute atomic E-state index is 12.1. The van der Waals surface area contributed by atoms with E-state index in [1.54, 1.807) is 24.3 Å². The summed E-state index contributed by atoms with van der Waals surface area (Å²) in [6, 6.07) is 12.2. The van der Waals surface area contributed by atoms with Crippen LogP contribution in [-0.2, 0) is 14.3 Å². The van der Waals surface area contributed by atoms with Crippen LogP contribution in [0.3, 0.4) is 0 Å². The lowest BCUT2D eigenvalue weighted by Gasteiger charge is -2.09. The van der Waals surface area contributed by atoms with Crippen molar-refractivity contribution in [2.24, 2.45) is 0 Å². The van der Waals surface area contributed by atoms with Gasteiger partial charge < -0.3 is 24.8 Å². The van der Waals surface area contributed by atoms with Gasteiger partial charge >= 0.3 is 5.97 Å². The quantitative estimate of drug-likeness (QED) is 0.695. The number of carbonyl (C=O) groups is 3. The van der Waals surface area contributed by atoms with Gasteiger partial charge in [0.1, 0.15) is 6.54 Å². The Morgan fingerprint density at radius 1 is 1.03 bits per heavy atom. The predicted molar refractivity (Wildman–Crippen MR) is 105 cm³/mol. The second kappa shape index (κ2) is 9.09. The number of anilines is 1. The molecule has 29 heavy (non-hydrogen) atoms. The molecular weight excluding hydrogens is 376 g/mol. The monoisotopic (exact) mass is 398 g/mol. The molecule has 0 unspecified atom stereocenters. The predicted octanol–water partition coefficient (Wildman–Crippen LogP) is 2.45. The van der Waals surface area contributed by atoms with Crippen molar-refractivity contribution in [2.45, 2.75) is 19.8 Å². The summed E-state index contributed by atoms with van der Waals surface area (Å²) in [5.41, 5.74) is 2.10. The molecule has 0 radical (unpaired) electrons. The summed E-state index contributed by atoms with van der Waals surface area (Å²) in [4.78, 5) is 35.8. The van der Waals surface area contributed by atoms with Gasteiger partial charge in [0.15, 0.2) is 18.1 Å². The van der Waals surface area contributed by atoms with Gasteiger partial charge in [-0.2, -0.15) is 0 Å². The molecule has 0 atom stereocenters. The van der Waals surface area contributed by atoms with E-state index in [1.165, 1.54) is 6.07 Å². The maximum atomic E-state index is 12.1. The topological polar surface area (TPSA) is 103 Å². The first-order valence-corrected chi connectivity index (χ1v) is 9.15. The molecule has 0 saturated carbocycles. The average molecular weight is 398 g/mol. The molecule has 8 nitrogen and oxygen atoms in total. The summed E-state index contributed by atoms with van der Waals surface area (Å²) in [6.45, 7) is 3.47. The molecule has 0 fully saturated rings. The Morgan fingerprint density at radius 2 is 1.76 bits per heavy atom. The van der Waals surface area contributed by atoms with Crippen LogP contribution in [0.25, 0.3) is 0 Å². The highest BCUT2D eigenvalue weighted by molar-refractivity contribution is 5.97. The van der Waals surface area contributed by atoms with Crippen LogP contribution in [0.4, 0.5) is 5.69 Å². The van der Waals surface area contributed by atoms with E-state index < -0.39 is 24.4 Å². The van der Waals surface area contributed by atoms with Gasteiger partial charge in [0.25, 0.3) is 11.8 Å². The number of fused-ring (bicyclic) bond motifs is 1. The number of benzene rings is 2. The lowest BCUT2D eigenvalue weighted by atomic mass is 10.0. The molecule has 2 N–H and O–H groups in total. The summed E-state index contributed by atoms with van der Waals surface area (Å²) >= 11 is 0. The van der Waals surface area contributed by atoms with Gasteiger partial charge in [-0.25, -0.2) is 0 Å². The second-order valence-electron chi connectivity index (χ2n) is 6.74. The fourth-order valence-corrected chi connectivity index (χ4v) is 2.64. The van der Waals surface area contributed by atoms with Gasteiger partial charge in [0.2, 0.25) is 6.79 Å². The average Bonchev–Trinajstić information content (AvgIpc) is 3.18. The molecule has 2 aromatic carbocycles. The molecule has 2 aromatic rings. The Labute approximate surface area is 168 Å². The van der Waals surface area contributed by atoms with Crippen LogP contribution in [0.1, 0.15) is 35.7 Å². The third-order valence-corrected chi connectivity index (χ3v) is 4.25. The van der Waals surface area contributed by atoms with Gasteiger partial charge in [-0.3, -0.25) is 14.4 Å². The summed E-state index contributed by atoms with van der Waals surface area (Å²) in [5.74, 6) is -0.213. The van der Waals surface area contributed by atoms with E-state index in [0.717, 1.165) is 5.56 Å². The highest BCUT2D eigenvalue weighted by Crippen LogP contribution is 2.32. The van der Waals surface area contributed by atoms with Crippen LogP contribution in [0.2, 0.25) is 0 Å². The molecule has 0 aromatic heterocycles. The minimum absolute atomic E-state index is 0.108. The van der Waals surface area contributed by atoms with Crippen LogP contribution < -0.4 is 20.1 Å². The molecule has 1 heterocycles. The lowest BCUT2D eigenvalue weighted by Crippen LogP contribution is -2.32. The van der Waals surface area contributed by atoms with E-state index in [2.05, 4.69) is 24.5 Å². The molecule has 8 heteroatoms. The van der Waals surface area contributed by atoms with Crippen LogP contribution in [0.5, 0.6) is 11.5 Å². The zero-order valence-corrected chi connectivity index (χ0v) is 16.2. The van der Waals surface area contributed by atoms with Crippen LogP contribution in [0, 0.1) is 0 Å². The Morgan fingerprint density at radius 3 is 2.48 bits per heavy atom. The Balaban J connectivity index is 1.40. The maximum Gasteiger partial charge on any atom is 0.325 e. The highest BCUT2D eigenvalue weighted by atomic mass is 16.7. The Kier molecular flexibility index (Phi) is 6.33. The molecule has 0 aliphatic carbocycles. The normalized spacial score (nSPS) is 11.8. The fraction of sp³-hybridized carbons (Fsp3) is 0.286. The molecule has 0 saturated heterocycles. The van der Waals surface area contributed by atoms with Crippen molar-refractivity contribution in [2.75, 3.05) is 25.3 Å². The third kappa shape index (κ3) is 5.47. The van der Waals surface area contributed by atoms with Gasteiger partial charge in [-0.1, -0.05) is 26.0 Å². The highest BCUT2D eigenvalue weighted by Gasteiger charge is 2.17. The number of hydrogen-bond acceptors (Lipinski definition) is 6. The van der Waals surface area contributed by atoms with Gasteiger partial charge in [-0.15, -0.1) is 0 Å². The number of esters is 1. The summed E-state index contributed by atoms with van der Waals surface area (Å²) in [6.07, 6.45) is 0. The number of rotatable bonds is 7. The van der Waals surface area contributed by atoms with Crippen LogP contribution >= 0.6 is 0 Å². The standard InChI is InChI=1S/C21H22N2O6/c1-13(2)14-3-6-16(7-4-14)23-19(24)11-27-20(25)10-22-21(26)15-5-8-17-18(9-15)29-12-28-17/h3-9,13H,10-12H2,1-2H3,(H,22,26)(H,23,24). The number of ether oxygens (including phenoxy) is 3. The zero-order chi connectivity index (χ0) is 20.8. The van der Waals surface area contributed by atoms with Crippen molar-refractivity contribution >= 4 is 23.5 Å². The van der Waals surface area contributed by atoms with Crippen molar-refractivity contribution in [1.82, 2.24) is 5.32 Å².